The van der Waals surface area contributed by atoms with Crippen molar-refractivity contribution in [2.45, 2.75) is 25.8 Å². The lowest BCUT2D eigenvalue weighted by molar-refractivity contribution is 0.143. The third-order valence-electron chi connectivity index (χ3n) is 5.63. The van der Waals surface area contributed by atoms with Crippen LogP contribution in [0.3, 0.4) is 0 Å². The first kappa shape index (κ1) is 23.6. The number of urea groups is 1. The molecule has 0 fully saturated rings. The van der Waals surface area contributed by atoms with E-state index in [4.69, 9.17) is 9.26 Å². The molecule has 0 unspecified atom stereocenters. The van der Waals surface area contributed by atoms with Crippen molar-refractivity contribution in [3.63, 3.8) is 0 Å². The number of anilines is 1. The third kappa shape index (κ3) is 5.15. The first-order valence-electron chi connectivity index (χ1n) is 10.7. The van der Waals surface area contributed by atoms with Crippen LogP contribution >= 0.6 is 11.3 Å². The first-order chi connectivity index (χ1) is 16.3. The lowest BCUT2D eigenvalue weighted by Gasteiger charge is -2.27. The van der Waals surface area contributed by atoms with Gasteiger partial charge in [-0.25, -0.2) is 9.78 Å². The minimum absolute atomic E-state index is 0.339. The van der Waals surface area contributed by atoms with Crippen molar-refractivity contribution in [2.75, 3.05) is 33.1 Å². The maximum absolute atomic E-state index is 12.3. The van der Waals surface area contributed by atoms with E-state index < -0.39 is 0 Å². The van der Waals surface area contributed by atoms with Gasteiger partial charge >= 0.3 is 6.03 Å². The molecule has 10 nitrogen and oxygen atoms in total. The van der Waals surface area contributed by atoms with E-state index in [9.17, 15) is 4.79 Å². The number of rotatable bonds is 8. The molecule has 1 aromatic carbocycles. The Kier molecular flexibility index (Phi) is 6.75. The zero-order chi connectivity index (χ0) is 24.3. The van der Waals surface area contributed by atoms with Crippen molar-refractivity contribution in [1.82, 2.24) is 30.3 Å². The molecule has 11 heteroatoms. The summed E-state index contributed by atoms with van der Waals surface area (Å²) in [5, 5.41) is 10.1. The Labute approximate surface area is 201 Å². The number of nitrogens with one attached hydrogen (secondary N) is 2. The summed E-state index contributed by atoms with van der Waals surface area (Å²) in [5.41, 5.74) is 2.38. The lowest BCUT2D eigenvalue weighted by atomic mass is 10.0. The maximum atomic E-state index is 12.3. The zero-order valence-electron chi connectivity index (χ0n) is 19.7. The van der Waals surface area contributed by atoms with E-state index in [1.165, 1.54) is 11.3 Å². The number of fused-ring (bicyclic) bond motifs is 1. The highest BCUT2D eigenvalue weighted by molar-refractivity contribution is 7.22. The van der Waals surface area contributed by atoms with E-state index in [1.807, 2.05) is 57.1 Å². The van der Waals surface area contributed by atoms with Gasteiger partial charge in [-0.15, -0.1) is 0 Å². The summed E-state index contributed by atoms with van der Waals surface area (Å²) in [7, 11) is 5.52. The third-order valence-corrected chi connectivity index (χ3v) is 6.57. The number of pyridine rings is 1. The van der Waals surface area contributed by atoms with Crippen LogP contribution in [-0.2, 0) is 12.0 Å². The molecule has 0 saturated heterocycles. The van der Waals surface area contributed by atoms with Crippen LogP contribution in [-0.4, -0.2) is 58.8 Å². The Morgan fingerprint density at radius 2 is 2.00 bits per heavy atom. The SMILES string of the molecule is COc1cncc(-c2ccc3nc(NC(=O)NCCc4noc(C(C)(C)N(C)C)n4)sc3c2)c1. The van der Waals surface area contributed by atoms with Gasteiger partial charge in [-0.05, 0) is 51.7 Å². The monoisotopic (exact) mass is 481 g/mol. The van der Waals surface area contributed by atoms with Crippen LogP contribution in [0.15, 0.2) is 41.2 Å². The number of hydrogen-bond donors (Lipinski definition) is 2. The normalized spacial score (nSPS) is 11.7. The fraction of sp³-hybridized carbons (Fsp3) is 0.348. The van der Waals surface area contributed by atoms with Crippen molar-refractivity contribution in [3.8, 4) is 16.9 Å². The number of methoxy groups -OCH3 is 1. The summed E-state index contributed by atoms with van der Waals surface area (Å²) in [5.74, 6) is 1.78. The molecular weight excluding hydrogens is 454 g/mol. The number of ether oxygens (including phenoxy) is 1. The van der Waals surface area contributed by atoms with Gasteiger partial charge in [-0.2, -0.15) is 4.98 Å². The van der Waals surface area contributed by atoms with Crippen LogP contribution in [0.25, 0.3) is 21.3 Å². The van der Waals surface area contributed by atoms with Crippen LogP contribution in [0.2, 0.25) is 0 Å². The number of carbonyl (C=O) groups is 1. The van der Waals surface area contributed by atoms with E-state index in [1.54, 1.807) is 19.5 Å². The highest BCUT2D eigenvalue weighted by Gasteiger charge is 2.29. The molecule has 0 aliphatic heterocycles. The Morgan fingerprint density at radius 3 is 2.76 bits per heavy atom. The Morgan fingerprint density at radius 1 is 1.18 bits per heavy atom. The molecule has 4 rings (SSSR count). The van der Waals surface area contributed by atoms with E-state index in [0.29, 0.717) is 35.6 Å². The average molecular weight is 482 g/mol. The molecular formula is C23H27N7O3S. The Balaban J connectivity index is 1.34. The van der Waals surface area contributed by atoms with E-state index in [-0.39, 0.29) is 11.6 Å². The van der Waals surface area contributed by atoms with Crippen molar-refractivity contribution >= 4 is 32.7 Å². The minimum atomic E-state index is -0.369. The van der Waals surface area contributed by atoms with Crippen molar-refractivity contribution in [3.05, 3.63) is 48.4 Å². The summed E-state index contributed by atoms with van der Waals surface area (Å²) in [6.45, 7) is 4.38. The molecule has 3 heterocycles. The minimum Gasteiger partial charge on any atom is -0.495 e. The van der Waals surface area contributed by atoms with Crippen molar-refractivity contribution in [1.29, 1.82) is 0 Å². The van der Waals surface area contributed by atoms with Gasteiger partial charge in [0.15, 0.2) is 11.0 Å². The van der Waals surface area contributed by atoms with Crippen molar-refractivity contribution in [2.24, 2.45) is 0 Å². The average Bonchev–Trinajstić information content (AvgIpc) is 3.45. The standard InChI is InChI=1S/C23H27N7O3S/c1-23(2,30(3)4)20-27-19(29-33-20)8-9-25-21(31)28-22-26-17-7-6-14(11-18(17)34-22)15-10-16(32-5)13-24-12-15/h6-7,10-13H,8-9H2,1-5H3,(H2,25,26,28,31). The van der Waals surface area contributed by atoms with E-state index in [2.05, 4.69) is 30.7 Å². The molecule has 0 bridgehead atoms. The summed E-state index contributed by atoms with van der Waals surface area (Å²) in [4.78, 5) is 27.5. The molecule has 34 heavy (non-hydrogen) atoms. The number of benzene rings is 1. The molecule has 0 atom stereocenters. The molecule has 2 N–H and O–H groups in total. The fourth-order valence-electron chi connectivity index (χ4n) is 3.07. The van der Waals surface area contributed by atoms with Gasteiger partial charge in [0.05, 0.1) is 29.1 Å². The van der Waals surface area contributed by atoms with Gasteiger partial charge < -0.3 is 14.6 Å². The van der Waals surface area contributed by atoms with Crippen LogP contribution in [0.5, 0.6) is 5.75 Å². The lowest BCUT2D eigenvalue weighted by Crippen LogP contribution is -2.35. The van der Waals surface area contributed by atoms with Gasteiger partial charge in [0.25, 0.3) is 0 Å². The van der Waals surface area contributed by atoms with Gasteiger partial charge in [0.2, 0.25) is 5.89 Å². The number of thiazole rings is 1. The predicted octanol–water partition coefficient (Wildman–Crippen LogP) is 3.91. The number of hydrogen-bond acceptors (Lipinski definition) is 9. The summed E-state index contributed by atoms with van der Waals surface area (Å²) >= 11 is 1.40. The van der Waals surface area contributed by atoms with Crippen molar-refractivity contribution < 1.29 is 14.1 Å². The maximum Gasteiger partial charge on any atom is 0.321 e. The summed E-state index contributed by atoms with van der Waals surface area (Å²) in [6, 6.07) is 7.51. The Hall–Kier alpha value is -3.57. The molecule has 0 spiro atoms. The molecule has 2 amide bonds. The molecule has 0 aliphatic carbocycles. The molecule has 3 aromatic heterocycles. The van der Waals surface area contributed by atoms with Crippen LogP contribution < -0.4 is 15.4 Å². The first-order valence-corrected chi connectivity index (χ1v) is 11.5. The Bertz CT molecular complexity index is 1300. The van der Waals surface area contributed by atoms with Crippen LogP contribution in [0, 0.1) is 0 Å². The highest BCUT2D eigenvalue weighted by atomic mass is 32.1. The van der Waals surface area contributed by atoms with Crippen LogP contribution in [0.1, 0.15) is 25.6 Å². The second kappa shape index (κ2) is 9.74. The number of amides is 2. The highest BCUT2D eigenvalue weighted by Crippen LogP contribution is 2.31. The zero-order valence-corrected chi connectivity index (χ0v) is 20.6. The van der Waals surface area contributed by atoms with Gasteiger partial charge in [0, 0.05) is 24.7 Å². The molecule has 178 valence electrons. The molecule has 0 saturated carbocycles. The largest absolute Gasteiger partial charge is 0.495 e. The molecule has 4 aromatic rings. The fourth-order valence-corrected chi connectivity index (χ4v) is 3.97. The molecule has 0 aliphatic rings. The number of nitrogens with zero attached hydrogens (tertiary/aromatic N) is 5. The van der Waals surface area contributed by atoms with E-state index >= 15 is 0 Å². The quantitative estimate of drug-likeness (QED) is 0.389. The number of carbonyl (C=O) groups excluding carboxylic acids is 1. The number of aromatic nitrogens is 4. The van der Waals surface area contributed by atoms with Gasteiger partial charge in [0.1, 0.15) is 5.75 Å². The smallest absolute Gasteiger partial charge is 0.321 e. The summed E-state index contributed by atoms with van der Waals surface area (Å²) < 4.78 is 11.6. The second-order valence-electron chi connectivity index (χ2n) is 8.42. The second-order valence-corrected chi connectivity index (χ2v) is 9.45. The predicted molar refractivity (Wildman–Crippen MR) is 131 cm³/mol. The topological polar surface area (TPSA) is 118 Å². The van der Waals surface area contributed by atoms with E-state index in [0.717, 1.165) is 21.3 Å². The van der Waals surface area contributed by atoms with Gasteiger partial charge in [-0.3, -0.25) is 15.2 Å². The molecule has 0 radical (unpaired) electrons. The van der Waals surface area contributed by atoms with Gasteiger partial charge in [-0.1, -0.05) is 22.6 Å². The van der Waals surface area contributed by atoms with Crippen LogP contribution in [0.4, 0.5) is 9.93 Å². The summed E-state index contributed by atoms with van der Waals surface area (Å²) in [6.07, 6.45) is 3.90.